The average molecular weight is 160 g/mol. The minimum absolute atomic E-state index is 0.322. The van der Waals surface area contributed by atoms with E-state index in [1.165, 1.54) is 19.0 Å². The first-order valence-electron chi connectivity index (χ1n) is 3.13. The van der Waals surface area contributed by atoms with Gasteiger partial charge in [0.05, 0.1) is 12.5 Å². The summed E-state index contributed by atoms with van der Waals surface area (Å²) in [5, 5.41) is 8.26. The zero-order valence-electron chi connectivity index (χ0n) is 6.57. The van der Waals surface area contributed by atoms with E-state index in [0.717, 1.165) is 0 Å². The fourth-order valence-electron chi connectivity index (χ4n) is 0.607. The number of carboxylic acids is 1. The molecule has 0 aliphatic rings. The van der Waals surface area contributed by atoms with E-state index in [2.05, 4.69) is 0 Å². The molecular formula is C6H12N2O3. The van der Waals surface area contributed by atoms with Crippen molar-refractivity contribution in [2.24, 2.45) is 5.73 Å². The summed E-state index contributed by atoms with van der Waals surface area (Å²) >= 11 is 0. The molecule has 0 aromatic heterocycles. The van der Waals surface area contributed by atoms with Crippen molar-refractivity contribution < 1.29 is 14.7 Å². The summed E-state index contributed by atoms with van der Waals surface area (Å²) in [5.74, 6) is -1.43. The molecule has 5 heteroatoms. The maximum absolute atomic E-state index is 10.9. The van der Waals surface area contributed by atoms with Gasteiger partial charge in [0.25, 0.3) is 0 Å². The van der Waals surface area contributed by atoms with Crippen molar-refractivity contribution in [3.63, 3.8) is 0 Å². The van der Waals surface area contributed by atoms with Gasteiger partial charge >= 0.3 is 5.97 Å². The van der Waals surface area contributed by atoms with Crippen LogP contribution in [0.4, 0.5) is 0 Å². The van der Waals surface area contributed by atoms with Gasteiger partial charge in [-0.25, -0.2) is 0 Å². The van der Waals surface area contributed by atoms with Crippen LogP contribution in [0, 0.1) is 0 Å². The molecule has 0 aromatic carbocycles. The number of likely N-dealkylation sites (N-methyl/N-ethyl adjacent to an activating group) is 1. The summed E-state index contributed by atoms with van der Waals surface area (Å²) in [6, 6.07) is -0.928. The van der Waals surface area contributed by atoms with E-state index in [4.69, 9.17) is 10.8 Å². The minimum Gasteiger partial charge on any atom is -0.481 e. The standard InChI is InChI=1S/C6H12N2O3/c1-8(2)6(11)4(7)3-5(9)10/h4H,3,7H2,1-2H3,(H,9,10)/t4-/m0/s1. The number of rotatable bonds is 3. The van der Waals surface area contributed by atoms with E-state index < -0.39 is 12.0 Å². The Hall–Kier alpha value is -1.10. The van der Waals surface area contributed by atoms with E-state index in [-0.39, 0.29) is 12.3 Å². The maximum atomic E-state index is 10.9. The van der Waals surface area contributed by atoms with E-state index in [0.29, 0.717) is 0 Å². The van der Waals surface area contributed by atoms with Gasteiger partial charge in [-0.2, -0.15) is 0 Å². The lowest BCUT2D eigenvalue weighted by atomic mass is 10.2. The van der Waals surface area contributed by atoms with Gasteiger partial charge in [-0.05, 0) is 0 Å². The Bertz CT molecular complexity index is 167. The van der Waals surface area contributed by atoms with E-state index in [9.17, 15) is 9.59 Å². The Balaban J connectivity index is 3.93. The summed E-state index contributed by atoms with van der Waals surface area (Å²) < 4.78 is 0. The number of aliphatic carboxylic acids is 1. The highest BCUT2D eigenvalue weighted by atomic mass is 16.4. The molecule has 5 nitrogen and oxygen atoms in total. The second-order valence-electron chi connectivity index (χ2n) is 2.44. The molecule has 0 spiro atoms. The highest BCUT2D eigenvalue weighted by Gasteiger charge is 2.17. The fraction of sp³-hybridized carbons (Fsp3) is 0.667. The predicted molar refractivity (Wildman–Crippen MR) is 38.9 cm³/mol. The van der Waals surface area contributed by atoms with Crippen LogP contribution in [0.25, 0.3) is 0 Å². The van der Waals surface area contributed by atoms with Crippen molar-refractivity contribution in [1.82, 2.24) is 4.90 Å². The van der Waals surface area contributed by atoms with Gasteiger partial charge in [0, 0.05) is 14.1 Å². The number of hydrogen-bond donors (Lipinski definition) is 2. The van der Waals surface area contributed by atoms with Gasteiger partial charge in [0.15, 0.2) is 0 Å². The third-order valence-electron chi connectivity index (χ3n) is 1.15. The van der Waals surface area contributed by atoms with Crippen LogP contribution in [0.15, 0.2) is 0 Å². The van der Waals surface area contributed by atoms with Gasteiger partial charge in [-0.1, -0.05) is 0 Å². The van der Waals surface area contributed by atoms with Gasteiger partial charge < -0.3 is 15.7 Å². The van der Waals surface area contributed by atoms with Crippen molar-refractivity contribution in [3.05, 3.63) is 0 Å². The van der Waals surface area contributed by atoms with E-state index in [1.54, 1.807) is 0 Å². The molecule has 0 aromatic rings. The Kier molecular flexibility index (Phi) is 3.53. The van der Waals surface area contributed by atoms with Gasteiger partial charge in [-0.15, -0.1) is 0 Å². The number of amides is 1. The van der Waals surface area contributed by atoms with Crippen LogP contribution in [0.3, 0.4) is 0 Å². The SMILES string of the molecule is CN(C)C(=O)[C@@H](N)CC(=O)O. The second-order valence-corrected chi connectivity index (χ2v) is 2.44. The van der Waals surface area contributed by atoms with Crippen molar-refractivity contribution in [1.29, 1.82) is 0 Å². The van der Waals surface area contributed by atoms with Crippen molar-refractivity contribution in [3.8, 4) is 0 Å². The molecular weight excluding hydrogens is 148 g/mol. The zero-order chi connectivity index (χ0) is 9.02. The molecule has 0 heterocycles. The number of carbonyl (C=O) groups excluding carboxylic acids is 1. The first kappa shape index (κ1) is 9.90. The predicted octanol–water partition coefficient (Wildman–Crippen LogP) is -1.12. The Morgan fingerprint density at radius 2 is 2.00 bits per heavy atom. The Morgan fingerprint density at radius 1 is 1.55 bits per heavy atom. The Morgan fingerprint density at radius 3 is 2.27 bits per heavy atom. The van der Waals surface area contributed by atoms with E-state index in [1.807, 2.05) is 0 Å². The van der Waals surface area contributed by atoms with Crippen LogP contribution in [0.2, 0.25) is 0 Å². The molecule has 0 fully saturated rings. The molecule has 0 aliphatic heterocycles. The molecule has 1 atom stereocenters. The third kappa shape index (κ3) is 3.57. The summed E-state index contributed by atoms with van der Waals surface area (Å²) in [7, 11) is 3.06. The molecule has 0 bridgehead atoms. The molecule has 0 rings (SSSR count). The smallest absolute Gasteiger partial charge is 0.305 e. The molecule has 0 saturated heterocycles. The van der Waals surface area contributed by atoms with E-state index >= 15 is 0 Å². The largest absolute Gasteiger partial charge is 0.481 e. The van der Waals surface area contributed by atoms with Crippen molar-refractivity contribution >= 4 is 11.9 Å². The highest BCUT2D eigenvalue weighted by molar-refractivity contribution is 5.85. The molecule has 64 valence electrons. The molecule has 0 unspecified atom stereocenters. The van der Waals surface area contributed by atoms with Crippen LogP contribution in [-0.2, 0) is 9.59 Å². The first-order valence-corrected chi connectivity index (χ1v) is 3.13. The topological polar surface area (TPSA) is 83.6 Å². The molecule has 0 saturated carbocycles. The number of carbonyl (C=O) groups is 2. The number of nitrogens with two attached hydrogens (primary N) is 1. The van der Waals surface area contributed by atoms with Gasteiger partial charge in [-0.3, -0.25) is 9.59 Å². The fourth-order valence-corrected chi connectivity index (χ4v) is 0.607. The lowest BCUT2D eigenvalue weighted by Gasteiger charge is -2.14. The third-order valence-corrected chi connectivity index (χ3v) is 1.15. The molecule has 0 aliphatic carbocycles. The van der Waals surface area contributed by atoms with Gasteiger partial charge in [0.2, 0.25) is 5.91 Å². The quantitative estimate of drug-likeness (QED) is 0.547. The molecule has 3 N–H and O–H groups in total. The van der Waals surface area contributed by atoms with Crippen LogP contribution >= 0.6 is 0 Å². The number of carboxylic acid groups (broad SMARTS) is 1. The maximum Gasteiger partial charge on any atom is 0.305 e. The monoisotopic (exact) mass is 160 g/mol. The molecule has 1 amide bonds. The number of nitrogens with zero attached hydrogens (tertiary/aromatic N) is 1. The minimum atomic E-state index is -1.06. The first-order chi connectivity index (χ1) is 4.95. The number of hydrogen-bond acceptors (Lipinski definition) is 3. The Labute approximate surface area is 64.8 Å². The van der Waals surface area contributed by atoms with Crippen molar-refractivity contribution in [2.75, 3.05) is 14.1 Å². The summed E-state index contributed by atoms with van der Waals surface area (Å²) in [4.78, 5) is 22.3. The van der Waals surface area contributed by atoms with Crippen LogP contribution in [-0.4, -0.2) is 42.0 Å². The lowest BCUT2D eigenvalue weighted by molar-refractivity contribution is -0.141. The highest BCUT2D eigenvalue weighted by Crippen LogP contribution is 1.91. The molecule has 0 radical (unpaired) electrons. The zero-order valence-corrected chi connectivity index (χ0v) is 6.57. The van der Waals surface area contributed by atoms with Gasteiger partial charge in [0.1, 0.15) is 0 Å². The lowest BCUT2D eigenvalue weighted by Crippen LogP contribution is -2.41. The normalized spacial score (nSPS) is 12.3. The summed E-state index contributed by atoms with van der Waals surface area (Å²) in [6.07, 6.45) is -0.322. The summed E-state index contributed by atoms with van der Waals surface area (Å²) in [5.41, 5.74) is 5.25. The van der Waals surface area contributed by atoms with Crippen molar-refractivity contribution in [2.45, 2.75) is 12.5 Å². The van der Waals surface area contributed by atoms with Crippen LogP contribution in [0.5, 0.6) is 0 Å². The molecule has 11 heavy (non-hydrogen) atoms. The van der Waals surface area contributed by atoms with Crippen LogP contribution < -0.4 is 5.73 Å². The average Bonchev–Trinajstić information content (AvgIpc) is 1.84. The van der Waals surface area contributed by atoms with Crippen LogP contribution in [0.1, 0.15) is 6.42 Å². The second kappa shape index (κ2) is 3.92. The summed E-state index contributed by atoms with van der Waals surface area (Å²) in [6.45, 7) is 0.